The molecule has 2 aliphatic rings. The van der Waals surface area contributed by atoms with Crippen LogP contribution < -0.4 is 5.32 Å². The van der Waals surface area contributed by atoms with Crippen molar-refractivity contribution in [2.45, 2.75) is 63.8 Å². The van der Waals surface area contributed by atoms with Gasteiger partial charge in [0.2, 0.25) is 0 Å². The molecule has 2 N–H and O–H groups in total. The number of hydrogen-bond donors (Lipinski definition) is 2. The van der Waals surface area contributed by atoms with E-state index in [9.17, 15) is 9.90 Å². The third-order valence-corrected chi connectivity index (χ3v) is 8.84. The minimum absolute atomic E-state index is 0.00306. The Morgan fingerprint density at radius 2 is 1.80 bits per heavy atom. The first-order valence-electron chi connectivity index (χ1n) is 15.5. The highest BCUT2D eigenvalue weighted by Crippen LogP contribution is 2.42. The van der Waals surface area contributed by atoms with Gasteiger partial charge in [-0.15, -0.1) is 6.58 Å². The standard InChI is InChI=1S/C36H40N4O4/c1-3-19-40(29-11-4-5-12-29)22-33-24(2)34(26-17-15-25(23-41)16-18-26)44-36(43-33)27-9-8-10-28(20-27)38-35(42)32-21-37-30-13-6-7-14-31(30)39-32/h3,6-10,13-18,20-21,24,29,33-34,36,41H,1,4-5,11-12,19,22-23H2,2H3,(H,38,42)/t24-,33+,34+,36+/m0/s1. The van der Waals surface area contributed by atoms with E-state index in [0.717, 1.165) is 35.3 Å². The van der Waals surface area contributed by atoms with E-state index in [4.69, 9.17) is 9.47 Å². The Kier molecular flexibility index (Phi) is 9.43. The van der Waals surface area contributed by atoms with Crippen molar-refractivity contribution >= 4 is 22.6 Å². The van der Waals surface area contributed by atoms with Crippen molar-refractivity contribution in [3.05, 3.63) is 114 Å². The number of para-hydroxylation sites is 2. The summed E-state index contributed by atoms with van der Waals surface area (Å²) in [6.07, 6.45) is 7.45. The second-order valence-corrected chi connectivity index (χ2v) is 11.8. The molecule has 1 saturated carbocycles. The number of hydrogen-bond acceptors (Lipinski definition) is 7. The van der Waals surface area contributed by atoms with E-state index in [1.165, 1.54) is 31.9 Å². The Morgan fingerprint density at radius 1 is 1.02 bits per heavy atom. The van der Waals surface area contributed by atoms with Crippen LogP contribution in [0.3, 0.4) is 0 Å². The van der Waals surface area contributed by atoms with Gasteiger partial charge in [-0.2, -0.15) is 0 Å². The van der Waals surface area contributed by atoms with Gasteiger partial charge >= 0.3 is 0 Å². The molecular weight excluding hydrogens is 552 g/mol. The van der Waals surface area contributed by atoms with Crippen molar-refractivity contribution < 1.29 is 19.4 Å². The van der Waals surface area contributed by atoms with E-state index in [-0.39, 0.29) is 36.3 Å². The van der Waals surface area contributed by atoms with Crippen LogP contribution in [0.25, 0.3) is 11.0 Å². The second-order valence-electron chi connectivity index (χ2n) is 11.8. The zero-order chi connectivity index (χ0) is 30.5. The summed E-state index contributed by atoms with van der Waals surface area (Å²) in [4.78, 5) is 24.5. The molecule has 4 aromatic rings. The average molecular weight is 593 g/mol. The van der Waals surface area contributed by atoms with Crippen molar-refractivity contribution in [2.75, 3.05) is 18.4 Å². The molecule has 2 fully saturated rings. The summed E-state index contributed by atoms with van der Waals surface area (Å²) in [5, 5.41) is 12.6. The number of rotatable bonds is 10. The fourth-order valence-corrected chi connectivity index (χ4v) is 6.39. The first-order chi connectivity index (χ1) is 21.5. The van der Waals surface area contributed by atoms with Crippen LogP contribution in [-0.2, 0) is 16.1 Å². The summed E-state index contributed by atoms with van der Waals surface area (Å²) in [5.41, 5.74) is 4.99. The molecule has 4 atom stereocenters. The Labute approximate surface area is 258 Å². The fraction of sp³-hybridized carbons (Fsp3) is 0.361. The predicted molar refractivity (Wildman–Crippen MR) is 171 cm³/mol. The molecule has 1 aliphatic carbocycles. The number of carbonyl (C=O) groups excluding carboxylic acids is 1. The number of fused-ring (bicyclic) bond motifs is 1. The number of aliphatic hydroxyl groups excluding tert-OH is 1. The van der Waals surface area contributed by atoms with Gasteiger partial charge in [0.05, 0.1) is 36.0 Å². The quantitative estimate of drug-likeness (QED) is 0.200. The number of carbonyl (C=O) groups is 1. The normalized spacial score (nSPS) is 22.3. The van der Waals surface area contributed by atoms with E-state index in [0.29, 0.717) is 17.2 Å². The van der Waals surface area contributed by atoms with Crippen molar-refractivity contribution in [3.8, 4) is 0 Å². The lowest BCUT2D eigenvalue weighted by molar-refractivity contribution is -0.276. The first kappa shape index (κ1) is 30.1. The molecule has 8 nitrogen and oxygen atoms in total. The van der Waals surface area contributed by atoms with Crippen LogP contribution in [0, 0.1) is 5.92 Å². The first-order valence-corrected chi connectivity index (χ1v) is 15.5. The number of anilines is 1. The molecule has 2 heterocycles. The molecule has 1 saturated heterocycles. The van der Waals surface area contributed by atoms with E-state index >= 15 is 0 Å². The van der Waals surface area contributed by atoms with E-state index in [1.54, 1.807) is 0 Å². The molecule has 0 bridgehead atoms. The lowest BCUT2D eigenvalue weighted by atomic mass is 9.89. The van der Waals surface area contributed by atoms with Gasteiger partial charge in [0, 0.05) is 36.3 Å². The number of aliphatic hydroxyl groups is 1. The van der Waals surface area contributed by atoms with Crippen LogP contribution >= 0.6 is 0 Å². The Bertz CT molecular complexity index is 1590. The van der Waals surface area contributed by atoms with Crippen molar-refractivity contribution in [3.63, 3.8) is 0 Å². The fourth-order valence-electron chi connectivity index (χ4n) is 6.39. The van der Waals surface area contributed by atoms with Crippen LogP contribution in [0.1, 0.15) is 72.2 Å². The molecule has 6 rings (SSSR count). The largest absolute Gasteiger partial charge is 0.392 e. The van der Waals surface area contributed by atoms with Gasteiger partial charge in [-0.05, 0) is 48.2 Å². The average Bonchev–Trinajstić information content (AvgIpc) is 3.60. The molecule has 0 radical (unpaired) electrons. The maximum absolute atomic E-state index is 13.1. The SMILES string of the molecule is C=CCN(C[C@H]1O[C@@H](c2cccc(NC(=O)c3cnc4ccccc4n3)c2)O[C@@H](c2ccc(CO)cc2)[C@H]1C)C1CCCC1. The van der Waals surface area contributed by atoms with Crippen LogP contribution in [0.15, 0.2) is 91.6 Å². The smallest absolute Gasteiger partial charge is 0.275 e. The highest BCUT2D eigenvalue weighted by atomic mass is 16.7. The summed E-state index contributed by atoms with van der Waals surface area (Å²) >= 11 is 0. The molecule has 0 unspecified atom stereocenters. The van der Waals surface area contributed by atoms with Crippen LogP contribution in [-0.4, -0.2) is 51.1 Å². The lowest BCUT2D eigenvalue weighted by Gasteiger charge is -2.43. The minimum Gasteiger partial charge on any atom is -0.392 e. The van der Waals surface area contributed by atoms with Crippen LogP contribution in [0.5, 0.6) is 0 Å². The summed E-state index contributed by atoms with van der Waals surface area (Å²) < 4.78 is 13.4. The molecule has 3 aromatic carbocycles. The van der Waals surface area contributed by atoms with Crippen molar-refractivity contribution in [1.82, 2.24) is 14.9 Å². The monoisotopic (exact) mass is 592 g/mol. The Hall–Kier alpha value is -3.95. The van der Waals surface area contributed by atoms with Gasteiger partial charge < -0.3 is 19.9 Å². The molecule has 8 heteroatoms. The summed E-state index contributed by atoms with van der Waals surface area (Å²) in [7, 11) is 0. The van der Waals surface area contributed by atoms with Crippen LogP contribution in [0.4, 0.5) is 5.69 Å². The van der Waals surface area contributed by atoms with E-state index in [1.807, 2.05) is 78.9 Å². The Morgan fingerprint density at radius 3 is 2.55 bits per heavy atom. The number of nitrogens with one attached hydrogen (secondary N) is 1. The van der Waals surface area contributed by atoms with E-state index in [2.05, 4.69) is 33.7 Å². The molecule has 1 aromatic heterocycles. The summed E-state index contributed by atoms with van der Waals surface area (Å²) in [5.74, 6) is -0.259. The molecule has 44 heavy (non-hydrogen) atoms. The Balaban J connectivity index is 1.25. The molecule has 1 amide bonds. The molecule has 1 aliphatic heterocycles. The van der Waals surface area contributed by atoms with Gasteiger partial charge in [0.15, 0.2) is 6.29 Å². The molecule has 0 spiro atoms. The molecular formula is C36H40N4O4. The number of aromatic nitrogens is 2. The number of nitrogens with zero attached hydrogens (tertiary/aromatic N) is 3. The summed E-state index contributed by atoms with van der Waals surface area (Å²) in [6.45, 7) is 7.80. The van der Waals surface area contributed by atoms with Gasteiger partial charge in [-0.1, -0.05) is 74.4 Å². The third kappa shape index (κ3) is 6.74. The minimum atomic E-state index is -0.634. The van der Waals surface area contributed by atoms with E-state index < -0.39 is 6.29 Å². The van der Waals surface area contributed by atoms with Gasteiger partial charge in [0.25, 0.3) is 5.91 Å². The van der Waals surface area contributed by atoms with Gasteiger partial charge in [-0.3, -0.25) is 14.7 Å². The zero-order valence-electron chi connectivity index (χ0n) is 25.1. The maximum Gasteiger partial charge on any atom is 0.275 e. The van der Waals surface area contributed by atoms with Crippen molar-refractivity contribution in [1.29, 1.82) is 0 Å². The lowest BCUT2D eigenvalue weighted by Crippen LogP contribution is -2.47. The van der Waals surface area contributed by atoms with Gasteiger partial charge in [-0.25, -0.2) is 4.98 Å². The highest BCUT2D eigenvalue weighted by Gasteiger charge is 2.40. The van der Waals surface area contributed by atoms with Gasteiger partial charge in [0.1, 0.15) is 5.69 Å². The molecule has 228 valence electrons. The third-order valence-electron chi connectivity index (χ3n) is 8.84. The number of benzene rings is 3. The number of amides is 1. The summed E-state index contributed by atoms with van der Waals surface area (Å²) in [6, 6.07) is 23.6. The number of ether oxygens (including phenoxy) is 2. The van der Waals surface area contributed by atoms with Crippen LogP contribution in [0.2, 0.25) is 0 Å². The predicted octanol–water partition coefficient (Wildman–Crippen LogP) is 6.60. The zero-order valence-corrected chi connectivity index (χ0v) is 25.1. The van der Waals surface area contributed by atoms with Crippen molar-refractivity contribution in [2.24, 2.45) is 5.92 Å². The maximum atomic E-state index is 13.1. The highest BCUT2D eigenvalue weighted by molar-refractivity contribution is 6.03. The second kappa shape index (κ2) is 13.8. The topological polar surface area (TPSA) is 96.8 Å².